The van der Waals surface area contributed by atoms with Crippen LogP contribution < -0.4 is 16.2 Å². The summed E-state index contributed by atoms with van der Waals surface area (Å²) in [5.74, 6) is -1.14. The zero-order valence-electron chi connectivity index (χ0n) is 19.4. The standard InChI is InChI=1S/C27H21F3N4O3/c28-27(29,30)18-3-1-4-20(14-18)34-25(37)26(11-2-12-26)24(36)33-19-8-5-16(6-9-19)17-7-10-21-22(13-17)31-15-32-23(21)35/h1,3-10,13-15H,2,11-12H2,(H,33,36)(H,34,37)(H,31,32,35). The van der Waals surface area contributed by atoms with Crippen LogP contribution in [-0.4, -0.2) is 21.8 Å². The second-order valence-electron chi connectivity index (χ2n) is 8.96. The highest BCUT2D eigenvalue weighted by Gasteiger charge is 2.51. The van der Waals surface area contributed by atoms with Crippen molar-refractivity contribution in [3.63, 3.8) is 0 Å². The summed E-state index contributed by atoms with van der Waals surface area (Å²) >= 11 is 0. The predicted octanol–water partition coefficient (Wildman–Crippen LogP) is 5.36. The van der Waals surface area contributed by atoms with Crippen molar-refractivity contribution in [3.8, 4) is 11.1 Å². The molecule has 10 heteroatoms. The van der Waals surface area contributed by atoms with Crippen molar-refractivity contribution >= 4 is 34.1 Å². The van der Waals surface area contributed by atoms with Gasteiger partial charge in [-0.2, -0.15) is 13.2 Å². The molecule has 1 aromatic heterocycles. The lowest BCUT2D eigenvalue weighted by atomic mass is 9.67. The minimum absolute atomic E-state index is 0.0184. The van der Waals surface area contributed by atoms with E-state index in [1.54, 1.807) is 42.5 Å². The molecule has 1 saturated carbocycles. The molecule has 188 valence electrons. The van der Waals surface area contributed by atoms with E-state index in [4.69, 9.17) is 0 Å². The molecular weight excluding hydrogens is 485 g/mol. The SMILES string of the molecule is O=C(Nc1ccc(-c2ccc3c(=O)[nH]cnc3c2)cc1)C1(C(=O)Nc2cccc(C(F)(F)F)c2)CCC1. The number of rotatable bonds is 5. The molecule has 1 aliphatic rings. The number of hydrogen-bond donors (Lipinski definition) is 3. The molecule has 37 heavy (non-hydrogen) atoms. The van der Waals surface area contributed by atoms with Gasteiger partial charge in [0.1, 0.15) is 5.41 Å². The maximum absolute atomic E-state index is 13.1. The first kappa shape index (κ1) is 24.2. The van der Waals surface area contributed by atoms with Gasteiger partial charge in [-0.15, -0.1) is 0 Å². The number of aromatic amines is 1. The summed E-state index contributed by atoms with van der Waals surface area (Å²) in [7, 11) is 0. The number of fused-ring (bicyclic) bond motifs is 1. The van der Waals surface area contributed by atoms with E-state index in [2.05, 4.69) is 20.6 Å². The van der Waals surface area contributed by atoms with Crippen LogP contribution >= 0.6 is 0 Å². The summed E-state index contributed by atoms with van der Waals surface area (Å²) in [5.41, 5.74) is 0.212. The fourth-order valence-corrected chi connectivity index (χ4v) is 4.36. The summed E-state index contributed by atoms with van der Waals surface area (Å²) in [4.78, 5) is 44.7. The quantitative estimate of drug-likeness (QED) is 0.317. The molecule has 1 fully saturated rings. The number of H-pyrrole nitrogens is 1. The van der Waals surface area contributed by atoms with Gasteiger partial charge in [-0.1, -0.05) is 30.7 Å². The van der Waals surface area contributed by atoms with Crippen LogP contribution in [0.1, 0.15) is 24.8 Å². The lowest BCUT2D eigenvalue weighted by Crippen LogP contribution is -2.50. The van der Waals surface area contributed by atoms with Gasteiger partial charge in [-0.05, 0) is 66.4 Å². The Kier molecular flexibility index (Phi) is 6.02. The van der Waals surface area contributed by atoms with Crippen molar-refractivity contribution in [1.82, 2.24) is 9.97 Å². The molecule has 4 aromatic rings. The van der Waals surface area contributed by atoms with E-state index in [0.29, 0.717) is 35.9 Å². The molecule has 0 radical (unpaired) electrons. The lowest BCUT2D eigenvalue weighted by molar-refractivity contribution is -0.143. The number of carbonyl (C=O) groups is 2. The third kappa shape index (κ3) is 4.69. The highest BCUT2D eigenvalue weighted by atomic mass is 19.4. The van der Waals surface area contributed by atoms with Crippen LogP contribution in [0, 0.1) is 5.41 Å². The Labute approximate surface area is 208 Å². The number of hydrogen-bond acceptors (Lipinski definition) is 4. The van der Waals surface area contributed by atoms with E-state index in [-0.39, 0.29) is 11.2 Å². The summed E-state index contributed by atoms with van der Waals surface area (Å²) < 4.78 is 39.0. The van der Waals surface area contributed by atoms with Crippen LogP contribution in [0.25, 0.3) is 22.0 Å². The monoisotopic (exact) mass is 506 g/mol. The molecule has 0 saturated heterocycles. The van der Waals surface area contributed by atoms with E-state index in [0.717, 1.165) is 23.3 Å². The summed E-state index contributed by atoms with van der Waals surface area (Å²) in [6.07, 6.45) is -1.96. The maximum Gasteiger partial charge on any atom is 0.416 e. The largest absolute Gasteiger partial charge is 0.416 e. The lowest BCUT2D eigenvalue weighted by Gasteiger charge is -2.38. The molecule has 0 unspecified atom stereocenters. The van der Waals surface area contributed by atoms with E-state index in [1.165, 1.54) is 18.5 Å². The number of nitrogens with zero attached hydrogens (tertiary/aromatic N) is 1. The molecule has 3 aromatic carbocycles. The van der Waals surface area contributed by atoms with Gasteiger partial charge in [0.25, 0.3) is 5.56 Å². The van der Waals surface area contributed by atoms with Crippen molar-refractivity contribution < 1.29 is 22.8 Å². The molecule has 1 heterocycles. The number of anilines is 2. The van der Waals surface area contributed by atoms with E-state index in [1.807, 2.05) is 0 Å². The molecule has 3 N–H and O–H groups in total. The zero-order chi connectivity index (χ0) is 26.2. The van der Waals surface area contributed by atoms with Gasteiger partial charge in [-0.25, -0.2) is 4.98 Å². The van der Waals surface area contributed by atoms with Gasteiger partial charge < -0.3 is 15.6 Å². The Morgan fingerprint density at radius 1 is 0.865 bits per heavy atom. The maximum atomic E-state index is 13.1. The smallest absolute Gasteiger partial charge is 0.325 e. The number of halogens is 3. The van der Waals surface area contributed by atoms with Crippen molar-refractivity contribution in [3.05, 3.63) is 89.0 Å². The highest BCUT2D eigenvalue weighted by Crippen LogP contribution is 2.43. The van der Waals surface area contributed by atoms with Gasteiger partial charge >= 0.3 is 6.18 Å². The van der Waals surface area contributed by atoms with Gasteiger partial charge in [0.05, 0.1) is 22.8 Å². The van der Waals surface area contributed by atoms with Crippen molar-refractivity contribution in [2.45, 2.75) is 25.4 Å². The summed E-state index contributed by atoms with van der Waals surface area (Å²) in [6.45, 7) is 0. The normalized spacial score (nSPS) is 14.6. The van der Waals surface area contributed by atoms with Crippen molar-refractivity contribution in [2.75, 3.05) is 10.6 Å². The first-order valence-corrected chi connectivity index (χ1v) is 11.5. The number of nitrogens with one attached hydrogen (secondary N) is 3. The molecule has 1 aliphatic carbocycles. The third-order valence-corrected chi connectivity index (χ3v) is 6.64. The number of benzene rings is 3. The highest BCUT2D eigenvalue weighted by molar-refractivity contribution is 6.15. The van der Waals surface area contributed by atoms with Crippen LogP contribution in [0.5, 0.6) is 0 Å². The van der Waals surface area contributed by atoms with E-state index >= 15 is 0 Å². The Bertz CT molecular complexity index is 1560. The zero-order valence-corrected chi connectivity index (χ0v) is 19.4. The van der Waals surface area contributed by atoms with Crippen LogP contribution in [0.4, 0.5) is 24.5 Å². The summed E-state index contributed by atoms with van der Waals surface area (Å²) in [5, 5.41) is 5.72. The van der Waals surface area contributed by atoms with Crippen LogP contribution in [0.15, 0.2) is 77.9 Å². The molecule has 7 nitrogen and oxygen atoms in total. The molecule has 0 aliphatic heterocycles. The van der Waals surface area contributed by atoms with E-state index in [9.17, 15) is 27.6 Å². The molecule has 5 rings (SSSR count). The van der Waals surface area contributed by atoms with Gasteiger partial charge in [0.15, 0.2) is 0 Å². The average Bonchev–Trinajstić information content (AvgIpc) is 2.83. The first-order valence-electron chi connectivity index (χ1n) is 11.5. The number of carbonyl (C=O) groups excluding carboxylic acids is 2. The number of alkyl halides is 3. The van der Waals surface area contributed by atoms with Crippen LogP contribution in [-0.2, 0) is 15.8 Å². The third-order valence-electron chi connectivity index (χ3n) is 6.64. The fraction of sp³-hybridized carbons (Fsp3) is 0.185. The van der Waals surface area contributed by atoms with Crippen molar-refractivity contribution in [2.24, 2.45) is 5.41 Å². The Morgan fingerprint density at radius 2 is 1.54 bits per heavy atom. The molecular formula is C27H21F3N4O3. The predicted molar refractivity (Wildman–Crippen MR) is 133 cm³/mol. The van der Waals surface area contributed by atoms with Crippen LogP contribution in [0.2, 0.25) is 0 Å². The van der Waals surface area contributed by atoms with Gasteiger partial charge in [0, 0.05) is 11.4 Å². The minimum Gasteiger partial charge on any atom is -0.325 e. The number of amides is 2. The Morgan fingerprint density at radius 3 is 2.19 bits per heavy atom. The summed E-state index contributed by atoms with van der Waals surface area (Å²) in [6, 6.07) is 16.6. The molecule has 0 spiro atoms. The Hall–Kier alpha value is -4.47. The van der Waals surface area contributed by atoms with Gasteiger partial charge in [-0.3, -0.25) is 14.4 Å². The average molecular weight is 506 g/mol. The topological polar surface area (TPSA) is 104 Å². The second-order valence-corrected chi connectivity index (χ2v) is 8.96. The molecule has 0 bridgehead atoms. The first-order chi connectivity index (χ1) is 17.7. The fourth-order valence-electron chi connectivity index (χ4n) is 4.36. The van der Waals surface area contributed by atoms with Gasteiger partial charge in [0.2, 0.25) is 11.8 Å². The van der Waals surface area contributed by atoms with E-state index < -0.39 is 29.0 Å². The Balaban J connectivity index is 1.30. The molecule has 2 amide bonds. The number of aromatic nitrogens is 2. The van der Waals surface area contributed by atoms with Crippen LogP contribution in [0.3, 0.4) is 0 Å². The molecule has 0 atom stereocenters. The van der Waals surface area contributed by atoms with Crippen molar-refractivity contribution in [1.29, 1.82) is 0 Å². The second kappa shape index (κ2) is 9.20. The minimum atomic E-state index is -4.54.